The van der Waals surface area contributed by atoms with Crippen LogP contribution in [0.2, 0.25) is 0 Å². The smallest absolute Gasteiger partial charge is 0.273 e. The van der Waals surface area contributed by atoms with E-state index in [9.17, 15) is 4.79 Å². The molecule has 1 heterocycles. The normalized spacial score (nSPS) is 11.1. The van der Waals surface area contributed by atoms with E-state index < -0.39 is 0 Å². The Bertz CT molecular complexity index is 800. The van der Waals surface area contributed by atoms with Crippen LogP contribution in [0.5, 0.6) is 0 Å². The molecule has 1 aromatic heterocycles. The fourth-order valence-corrected chi connectivity index (χ4v) is 2.14. The van der Waals surface area contributed by atoms with Crippen LogP contribution in [0.4, 0.5) is 0 Å². The first-order valence-corrected chi connectivity index (χ1v) is 6.70. The van der Waals surface area contributed by atoms with Gasteiger partial charge in [-0.2, -0.15) is 5.10 Å². The third kappa shape index (κ3) is 2.84. The number of carbonyl (C=O) groups is 1. The molecule has 2 N–H and O–H groups in total. The van der Waals surface area contributed by atoms with Crippen LogP contribution in [0.1, 0.15) is 21.5 Å². The van der Waals surface area contributed by atoms with Gasteiger partial charge >= 0.3 is 0 Å². The van der Waals surface area contributed by atoms with Gasteiger partial charge in [-0.15, -0.1) is 0 Å². The van der Waals surface area contributed by atoms with Crippen molar-refractivity contribution in [1.82, 2.24) is 10.4 Å². The fourth-order valence-electron chi connectivity index (χ4n) is 2.14. The first-order chi connectivity index (χ1) is 10.2. The van der Waals surface area contributed by atoms with Crippen molar-refractivity contribution < 1.29 is 4.79 Å². The Morgan fingerprint density at radius 2 is 1.90 bits per heavy atom. The van der Waals surface area contributed by atoms with E-state index in [2.05, 4.69) is 15.5 Å². The van der Waals surface area contributed by atoms with Crippen molar-refractivity contribution in [2.45, 2.75) is 6.92 Å². The van der Waals surface area contributed by atoms with Gasteiger partial charge in [0.05, 0.1) is 11.8 Å². The third-order valence-corrected chi connectivity index (χ3v) is 3.29. The number of carbonyl (C=O) groups excluding carboxylic acids is 1. The molecule has 4 heteroatoms. The second-order valence-electron chi connectivity index (χ2n) is 4.86. The maximum Gasteiger partial charge on any atom is 0.273 e. The van der Waals surface area contributed by atoms with Gasteiger partial charge in [0.1, 0.15) is 0 Å². The highest BCUT2D eigenvalue weighted by atomic mass is 16.2. The highest BCUT2D eigenvalue weighted by molar-refractivity contribution is 6.06. The molecule has 2 aromatic carbocycles. The molecule has 104 valence electrons. The van der Waals surface area contributed by atoms with E-state index in [0.29, 0.717) is 5.56 Å². The lowest BCUT2D eigenvalue weighted by atomic mass is 10.2. The summed E-state index contributed by atoms with van der Waals surface area (Å²) in [5.41, 5.74) is 6.21. The maximum atomic E-state index is 12.1. The summed E-state index contributed by atoms with van der Waals surface area (Å²) in [6.45, 7) is 2.03. The van der Waals surface area contributed by atoms with Crippen molar-refractivity contribution in [1.29, 1.82) is 0 Å². The molecule has 0 atom stereocenters. The summed E-state index contributed by atoms with van der Waals surface area (Å²) in [4.78, 5) is 15.2. The zero-order valence-electron chi connectivity index (χ0n) is 11.6. The van der Waals surface area contributed by atoms with E-state index >= 15 is 0 Å². The van der Waals surface area contributed by atoms with Gasteiger partial charge in [-0.25, -0.2) is 5.43 Å². The standard InChI is InChI=1S/C17H15N3O/c1-12-6-8-13(9-7-12)10-19-20-17(21)15-11-18-16-5-3-2-4-14(15)16/h2-11,18H,1H3,(H,20,21)/b19-10+. The highest BCUT2D eigenvalue weighted by Crippen LogP contribution is 2.17. The minimum absolute atomic E-state index is 0.226. The van der Waals surface area contributed by atoms with Crippen molar-refractivity contribution in [3.63, 3.8) is 0 Å². The second-order valence-corrected chi connectivity index (χ2v) is 4.86. The first kappa shape index (κ1) is 13.1. The molecule has 0 aliphatic carbocycles. The summed E-state index contributed by atoms with van der Waals surface area (Å²) in [5, 5.41) is 4.88. The first-order valence-electron chi connectivity index (χ1n) is 6.70. The Morgan fingerprint density at radius 1 is 1.14 bits per heavy atom. The van der Waals surface area contributed by atoms with Crippen LogP contribution in [0.3, 0.4) is 0 Å². The van der Waals surface area contributed by atoms with Crippen molar-refractivity contribution >= 4 is 23.0 Å². The number of hydrazone groups is 1. The molecule has 3 rings (SSSR count). The molecule has 0 radical (unpaired) electrons. The summed E-state index contributed by atoms with van der Waals surface area (Å²) in [6.07, 6.45) is 3.33. The van der Waals surface area contributed by atoms with Gasteiger partial charge in [0.2, 0.25) is 0 Å². The van der Waals surface area contributed by atoms with Gasteiger partial charge in [0.15, 0.2) is 0 Å². The SMILES string of the molecule is Cc1ccc(/C=N/NC(=O)c2c[nH]c3ccccc23)cc1. The van der Waals surface area contributed by atoms with Crippen molar-refractivity contribution in [3.8, 4) is 0 Å². The molecule has 0 saturated heterocycles. The number of nitrogens with zero attached hydrogens (tertiary/aromatic N) is 1. The Hall–Kier alpha value is -2.88. The van der Waals surface area contributed by atoms with Crippen LogP contribution in [-0.2, 0) is 0 Å². The van der Waals surface area contributed by atoms with E-state index in [1.165, 1.54) is 5.56 Å². The van der Waals surface area contributed by atoms with Gasteiger partial charge in [0, 0.05) is 17.1 Å². The predicted octanol–water partition coefficient (Wildman–Crippen LogP) is 3.24. The van der Waals surface area contributed by atoms with Crippen molar-refractivity contribution in [2.75, 3.05) is 0 Å². The number of aromatic nitrogens is 1. The number of H-pyrrole nitrogens is 1. The summed E-state index contributed by atoms with van der Waals surface area (Å²) < 4.78 is 0. The quantitative estimate of drug-likeness (QED) is 0.560. The number of aryl methyl sites for hydroxylation is 1. The molecular weight excluding hydrogens is 262 g/mol. The molecule has 1 amide bonds. The Kier molecular flexibility index (Phi) is 3.51. The fraction of sp³-hybridized carbons (Fsp3) is 0.0588. The molecule has 0 bridgehead atoms. The summed E-state index contributed by atoms with van der Waals surface area (Å²) in [6, 6.07) is 15.6. The number of benzene rings is 2. The molecule has 0 spiro atoms. The van der Waals surface area contributed by atoms with Gasteiger partial charge in [-0.1, -0.05) is 48.0 Å². The lowest BCUT2D eigenvalue weighted by Crippen LogP contribution is -2.17. The number of rotatable bonds is 3. The largest absolute Gasteiger partial charge is 0.360 e. The predicted molar refractivity (Wildman–Crippen MR) is 84.5 cm³/mol. The topological polar surface area (TPSA) is 57.2 Å². The van der Waals surface area contributed by atoms with E-state index in [1.807, 2.05) is 55.5 Å². The minimum Gasteiger partial charge on any atom is -0.360 e. The van der Waals surface area contributed by atoms with Crippen LogP contribution < -0.4 is 5.43 Å². The van der Waals surface area contributed by atoms with Gasteiger partial charge < -0.3 is 4.98 Å². The molecular formula is C17H15N3O. The van der Waals surface area contributed by atoms with Crippen LogP contribution in [0, 0.1) is 6.92 Å². The molecule has 3 aromatic rings. The maximum absolute atomic E-state index is 12.1. The Labute approximate surface area is 122 Å². The van der Waals surface area contributed by atoms with Gasteiger partial charge in [-0.3, -0.25) is 4.79 Å². The van der Waals surface area contributed by atoms with Gasteiger partial charge in [-0.05, 0) is 18.6 Å². The van der Waals surface area contributed by atoms with E-state index in [1.54, 1.807) is 12.4 Å². The number of para-hydroxylation sites is 1. The van der Waals surface area contributed by atoms with E-state index in [0.717, 1.165) is 16.5 Å². The number of hydrogen-bond donors (Lipinski definition) is 2. The van der Waals surface area contributed by atoms with E-state index in [-0.39, 0.29) is 5.91 Å². The summed E-state index contributed by atoms with van der Waals surface area (Å²) >= 11 is 0. The summed E-state index contributed by atoms with van der Waals surface area (Å²) in [7, 11) is 0. The van der Waals surface area contributed by atoms with Crippen molar-refractivity contribution in [3.05, 3.63) is 71.4 Å². The number of nitrogens with one attached hydrogen (secondary N) is 2. The number of amides is 1. The Balaban J connectivity index is 1.73. The highest BCUT2D eigenvalue weighted by Gasteiger charge is 2.10. The molecule has 0 fully saturated rings. The second kappa shape index (κ2) is 5.63. The monoisotopic (exact) mass is 277 g/mol. The van der Waals surface area contributed by atoms with E-state index in [4.69, 9.17) is 0 Å². The molecule has 0 aliphatic heterocycles. The number of aromatic amines is 1. The van der Waals surface area contributed by atoms with Crippen LogP contribution in [0.15, 0.2) is 59.8 Å². The molecule has 0 aliphatic rings. The zero-order chi connectivity index (χ0) is 14.7. The third-order valence-electron chi connectivity index (χ3n) is 3.29. The zero-order valence-corrected chi connectivity index (χ0v) is 11.6. The van der Waals surface area contributed by atoms with Crippen LogP contribution in [0.25, 0.3) is 10.9 Å². The molecule has 0 unspecified atom stereocenters. The number of hydrogen-bond acceptors (Lipinski definition) is 2. The van der Waals surface area contributed by atoms with Crippen LogP contribution >= 0.6 is 0 Å². The minimum atomic E-state index is -0.226. The van der Waals surface area contributed by atoms with Crippen molar-refractivity contribution in [2.24, 2.45) is 5.10 Å². The molecule has 21 heavy (non-hydrogen) atoms. The lowest BCUT2D eigenvalue weighted by molar-refractivity contribution is 0.0957. The van der Waals surface area contributed by atoms with Crippen LogP contribution in [-0.4, -0.2) is 17.1 Å². The Morgan fingerprint density at radius 3 is 2.71 bits per heavy atom. The molecule has 0 saturated carbocycles. The average molecular weight is 277 g/mol. The average Bonchev–Trinajstić information content (AvgIpc) is 2.93. The lowest BCUT2D eigenvalue weighted by Gasteiger charge is -1.98. The molecule has 4 nitrogen and oxygen atoms in total. The number of fused-ring (bicyclic) bond motifs is 1. The van der Waals surface area contributed by atoms with Gasteiger partial charge in [0.25, 0.3) is 5.91 Å². The summed E-state index contributed by atoms with van der Waals surface area (Å²) in [5.74, 6) is -0.226.